The molecule has 0 aliphatic heterocycles. The van der Waals surface area contributed by atoms with E-state index in [1.165, 1.54) is 18.2 Å². The van der Waals surface area contributed by atoms with Gasteiger partial charge in [0.25, 0.3) is 17.5 Å². The summed E-state index contributed by atoms with van der Waals surface area (Å²) in [6, 6.07) is 5.16. The number of halogens is 1. The lowest BCUT2D eigenvalue weighted by molar-refractivity contribution is -0.384. The van der Waals surface area contributed by atoms with Gasteiger partial charge in [0, 0.05) is 11.6 Å². The lowest BCUT2D eigenvalue weighted by Gasteiger charge is -2.05. The number of thiophene rings is 1. The number of hydrogen-bond acceptors (Lipinski definition) is 5. The van der Waals surface area contributed by atoms with Gasteiger partial charge in [-0.1, -0.05) is 11.6 Å². The number of anilines is 1. The van der Waals surface area contributed by atoms with Crippen LogP contribution in [0.15, 0.2) is 29.6 Å². The van der Waals surface area contributed by atoms with Crippen LogP contribution in [-0.2, 0) is 0 Å². The summed E-state index contributed by atoms with van der Waals surface area (Å²) in [7, 11) is 0. The molecule has 2 aromatic rings. The molecule has 9 heteroatoms. The van der Waals surface area contributed by atoms with E-state index in [-0.39, 0.29) is 26.8 Å². The summed E-state index contributed by atoms with van der Waals surface area (Å²) < 4.78 is 0. The van der Waals surface area contributed by atoms with Crippen molar-refractivity contribution >= 4 is 45.4 Å². The highest BCUT2D eigenvalue weighted by molar-refractivity contribution is 7.14. The van der Waals surface area contributed by atoms with Crippen LogP contribution in [0.5, 0.6) is 0 Å². The van der Waals surface area contributed by atoms with Gasteiger partial charge in [0.2, 0.25) is 0 Å². The van der Waals surface area contributed by atoms with Gasteiger partial charge in [-0.2, -0.15) is 0 Å². The van der Waals surface area contributed by atoms with Crippen molar-refractivity contribution in [1.29, 1.82) is 0 Å². The number of nitrogens with zero attached hydrogens (tertiary/aromatic N) is 1. The second-order valence-electron chi connectivity index (χ2n) is 3.91. The molecule has 0 aliphatic rings. The maximum Gasteiger partial charge on any atom is 0.288 e. The Kier molecular flexibility index (Phi) is 4.20. The van der Waals surface area contributed by atoms with Gasteiger partial charge in [-0.3, -0.25) is 19.7 Å². The number of nitrogens with one attached hydrogen (secondary N) is 1. The second-order valence-corrected chi connectivity index (χ2v) is 5.23. The number of nitro benzene ring substituents is 1. The molecule has 0 spiro atoms. The fourth-order valence-corrected chi connectivity index (χ4v) is 2.54. The average molecular weight is 326 g/mol. The van der Waals surface area contributed by atoms with Gasteiger partial charge in [-0.25, -0.2) is 0 Å². The van der Waals surface area contributed by atoms with Crippen molar-refractivity contribution in [2.24, 2.45) is 5.73 Å². The summed E-state index contributed by atoms with van der Waals surface area (Å²) in [6.07, 6.45) is 0. The van der Waals surface area contributed by atoms with Crippen LogP contribution in [0.3, 0.4) is 0 Å². The highest BCUT2D eigenvalue weighted by Crippen LogP contribution is 2.27. The van der Waals surface area contributed by atoms with Crippen molar-refractivity contribution in [3.8, 4) is 0 Å². The number of nitro groups is 1. The monoisotopic (exact) mass is 325 g/mol. The first-order chi connectivity index (χ1) is 9.90. The minimum Gasteiger partial charge on any atom is -0.366 e. The number of primary amides is 1. The zero-order chi connectivity index (χ0) is 15.6. The van der Waals surface area contributed by atoms with E-state index in [9.17, 15) is 19.7 Å². The van der Waals surface area contributed by atoms with Gasteiger partial charge in [0.1, 0.15) is 10.0 Å². The molecule has 0 fully saturated rings. The van der Waals surface area contributed by atoms with Gasteiger partial charge < -0.3 is 11.1 Å². The Morgan fingerprint density at radius 2 is 2.05 bits per heavy atom. The molecule has 0 saturated carbocycles. The Bertz CT molecular complexity index is 744. The topological polar surface area (TPSA) is 115 Å². The normalized spacial score (nSPS) is 10.1. The van der Waals surface area contributed by atoms with Gasteiger partial charge >= 0.3 is 0 Å². The molecule has 1 heterocycles. The fraction of sp³-hybridized carbons (Fsp3) is 0. The van der Waals surface area contributed by atoms with Crippen molar-refractivity contribution in [2.75, 3.05) is 5.32 Å². The molecule has 0 atom stereocenters. The van der Waals surface area contributed by atoms with Crippen LogP contribution in [0.1, 0.15) is 20.7 Å². The molecule has 0 radical (unpaired) electrons. The summed E-state index contributed by atoms with van der Waals surface area (Å²) in [4.78, 5) is 33.3. The summed E-state index contributed by atoms with van der Waals surface area (Å²) >= 11 is 6.79. The molecule has 1 aromatic heterocycles. The molecule has 2 amide bonds. The quantitative estimate of drug-likeness (QED) is 0.664. The molecule has 21 heavy (non-hydrogen) atoms. The predicted molar refractivity (Wildman–Crippen MR) is 78.9 cm³/mol. The van der Waals surface area contributed by atoms with E-state index in [4.69, 9.17) is 17.3 Å². The highest BCUT2D eigenvalue weighted by Gasteiger charge is 2.18. The Labute approximate surface area is 127 Å². The molecule has 0 unspecified atom stereocenters. The van der Waals surface area contributed by atoms with E-state index in [0.29, 0.717) is 0 Å². The number of carbonyl (C=O) groups is 2. The number of rotatable bonds is 4. The lowest BCUT2D eigenvalue weighted by Crippen LogP contribution is -2.16. The Morgan fingerprint density at radius 1 is 1.33 bits per heavy atom. The van der Waals surface area contributed by atoms with Crippen molar-refractivity contribution in [2.45, 2.75) is 0 Å². The highest BCUT2D eigenvalue weighted by atomic mass is 35.5. The Balaban J connectivity index is 2.29. The van der Waals surface area contributed by atoms with Crippen molar-refractivity contribution in [3.63, 3.8) is 0 Å². The molecular formula is C12H8ClN3O4S. The van der Waals surface area contributed by atoms with Gasteiger partial charge in [-0.15, -0.1) is 11.3 Å². The Hall–Kier alpha value is -2.45. The van der Waals surface area contributed by atoms with Crippen LogP contribution in [0.25, 0.3) is 0 Å². The molecular weight excluding hydrogens is 318 g/mol. The molecule has 0 bridgehead atoms. The number of benzene rings is 1. The van der Waals surface area contributed by atoms with E-state index in [1.54, 1.807) is 5.38 Å². The van der Waals surface area contributed by atoms with Crippen LogP contribution >= 0.6 is 22.9 Å². The largest absolute Gasteiger partial charge is 0.366 e. The third-order valence-electron chi connectivity index (χ3n) is 2.56. The average Bonchev–Trinajstić information content (AvgIpc) is 2.87. The summed E-state index contributed by atoms with van der Waals surface area (Å²) in [5.74, 6) is -1.27. The molecule has 0 aliphatic carbocycles. The van der Waals surface area contributed by atoms with Crippen molar-refractivity contribution in [3.05, 3.63) is 55.9 Å². The molecule has 108 valence electrons. The molecule has 2 rings (SSSR count). The zero-order valence-electron chi connectivity index (χ0n) is 10.3. The molecule has 0 saturated heterocycles. The van der Waals surface area contributed by atoms with Crippen LogP contribution in [-0.4, -0.2) is 16.7 Å². The first-order valence-corrected chi connectivity index (χ1v) is 6.78. The maximum absolute atomic E-state index is 12.1. The van der Waals surface area contributed by atoms with E-state index < -0.39 is 16.7 Å². The summed E-state index contributed by atoms with van der Waals surface area (Å²) in [5, 5.41) is 15.1. The van der Waals surface area contributed by atoms with Gasteiger partial charge in [0.05, 0.1) is 10.5 Å². The van der Waals surface area contributed by atoms with E-state index >= 15 is 0 Å². The minimum absolute atomic E-state index is 0.0509. The van der Waals surface area contributed by atoms with E-state index in [0.717, 1.165) is 17.4 Å². The molecule has 7 nitrogen and oxygen atoms in total. The first-order valence-electron chi connectivity index (χ1n) is 5.52. The molecule has 1 aromatic carbocycles. The van der Waals surface area contributed by atoms with Crippen LogP contribution < -0.4 is 11.1 Å². The number of carbonyl (C=O) groups excluding carboxylic acids is 2. The van der Waals surface area contributed by atoms with E-state index in [2.05, 4.69) is 5.32 Å². The van der Waals surface area contributed by atoms with Crippen LogP contribution in [0, 0.1) is 10.1 Å². The summed E-state index contributed by atoms with van der Waals surface area (Å²) in [6.45, 7) is 0. The van der Waals surface area contributed by atoms with Gasteiger partial charge in [-0.05, 0) is 23.6 Å². The number of nitrogens with two attached hydrogens (primary N) is 1. The van der Waals surface area contributed by atoms with Crippen molar-refractivity contribution < 1.29 is 14.5 Å². The van der Waals surface area contributed by atoms with Gasteiger partial charge in [0.15, 0.2) is 0 Å². The molecule has 3 N–H and O–H groups in total. The zero-order valence-corrected chi connectivity index (χ0v) is 11.9. The predicted octanol–water partition coefficient (Wildman–Crippen LogP) is 2.66. The smallest absolute Gasteiger partial charge is 0.288 e. The van der Waals surface area contributed by atoms with Crippen LogP contribution in [0.2, 0.25) is 5.02 Å². The second kappa shape index (κ2) is 5.90. The summed E-state index contributed by atoms with van der Waals surface area (Å²) in [5.41, 5.74) is 5.03. The SMILES string of the molecule is NC(=O)c1ccsc1NC(=O)c1ccc(Cl)c([N+](=O)[O-])c1. The third-order valence-corrected chi connectivity index (χ3v) is 3.71. The number of amides is 2. The maximum atomic E-state index is 12.1. The third kappa shape index (κ3) is 3.18. The minimum atomic E-state index is -0.681. The standard InChI is InChI=1S/C12H8ClN3O4S/c13-8-2-1-6(5-9(8)16(19)20)11(18)15-12-7(10(14)17)3-4-21-12/h1-5H,(H2,14,17)(H,15,18). The fourth-order valence-electron chi connectivity index (χ4n) is 1.57. The van der Waals surface area contributed by atoms with Crippen LogP contribution in [0.4, 0.5) is 10.7 Å². The van der Waals surface area contributed by atoms with E-state index in [1.807, 2.05) is 0 Å². The lowest BCUT2D eigenvalue weighted by atomic mass is 10.2. The first kappa shape index (κ1) is 14.9. The Morgan fingerprint density at radius 3 is 2.67 bits per heavy atom. The number of hydrogen-bond donors (Lipinski definition) is 2. The van der Waals surface area contributed by atoms with Crippen molar-refractivity contribution in [1.82, 2.24) is 0 Å².